The van der Waals surface area contributed by atoms with E-state index in [0.717, 1.165) is 5.69 Å². The molecule has 0 unspecified atom stereocenters. The van der Waals surface area contributed by atoms with Gasteiger partial charge >= 0.3 is 0 Å². The van der Waals surface area contributed by atoms with E-state index in [2.05, 4.69) is 31.2 Å². The van der Waals surface area contributed by atoms with Gasteiger partial charge in [-0.25, -0.2) is 4.98 Å². The highest BCUT2D eigenvalue weighted by Gasteiger charge is 2.08. The summed E-state index contributed by atoms with van der Waals surface area (Å²) >= 11 is 9.11. The molecule has 2 aromatic rings. The molecule has 0 spiro atoms. The highest BCUT2D eigenvalue weighted by molar-refractivity contribution is 9.10. The summed E-state index contributed by atoms with van der Waals surface area (Å²) in [6.45, 7) is 0. The van der Waals surface area contributed by atoms with Crippen LogP contribution >= 0.6 is 27.5 Å². The van der Waals surface area contributed by atoms with Gasteiger partial charge in [-0.2, -0.15) is 4.98 Å². The van der Waals surface area contributed by atoms with Crippen molar-refractivity contribution in [2.45, 2.75) is 0 Å². The van der Waals surface area contributed by atoms with Gasteiger partial charge in [-0.15, -0.1) is 0 Å². The maximum Gasteiger partial charge on any atom is 0.224 e. The zero-order valence-corrected chi connectivity index (χ0v) is 12.6. The molecule has 0 aliphatic carbocycles. The summed E-state index contributed by atoms with van der Waals surface area (Å²) in [4.78, 5) is 7.96. The van der Waals surface area contributed by atoms with E-state index in [1.54, 1.807) is 32.5 Å². The fourth-order valence-electron chi connectivity index (χ4n) is 1.48. The minimum absolute atomic E-state index is 0.172. The summed E-state index contributed by atoms with van der Waals surface area (Å²) < 4.78 is 11.1. The number of halogens is 2. The third-order valence-electron chi connectivity index (χ3n) is 2.36. The Morgan fingerprint density at radius 2 is 1.95 bits per heavy atom. The average Bonchev–Trinajstić information content (AvgIpc) is 2.42. The Hall–Kier alpha value is -1.53. The summed E-state index contributed by atoms with van der Waals surface area (Å²) in [7, 11) is 3.17. The maximum absolute atomic E-state index is 5.76. The van der Waals surface area contributed by atoms with Gasteiger partial charge in [-0.05, 0) is 39.7 Å². The lowest BCUT2D eigenvalue weighted by Crippen LogP contribution is -1.98. The average molecular weight is 345 g/mol. The van der Waals surface area contributed by atoms with Crippen LogP contribution in [0.15, 0.2) is 28.9 Å². The number of hydrogen-bond acceptors (Lipinski definition) is 5. The van der Waals surface area contributed by atoms with Gasteiger partial charge in [0, 0.05) is 18.0 Å². The summed E-state index contributed by atoms with van der Waals surface area (Å²) in [5, 5.41) is 3.29. The van der Waals surface area contributed by atoms with Crippen molar-refractivity contribution in [1.29, 1.82) is 0 Å². The van der Waals surface area contributed by atoms with Crippen LogP contribution < -0.4 is 14.8 Å². The number of anilines is 2. The first-order chi connectivity index (χ1) is 9.13. The van der Waals surface area contributed by atoms with Crippen LogP contribution in [-0.2, 0) is 0 Å². The third kappa shape index (κ3) is 3.27. The molecule has 7 heteroatoms. The lowest BCUT2D eigenvalue weighted by Gasteiger charge is -2.11. The molecule has 0 bridgehead atoms. The molecule has 2 rings (SSSR count). The number of nitrogens with zero attached hydrogens (tertiary/aromatic N) is 2. The Balaban J connectivity index is 2.30. The van der Waals surface area contributed by atoms with E-state index < -0.39 is 0 Å². The van der Waals surface area contributed by atoms with Gasteiger partial charge in [-0.3, -0.25) is 0 Å². The summed E-state index contributed by atoms with van der Waals surface area (Å²) in [6, 6.07) is 5.46. The van der Waals surface area contributed by atoms with Gasteiger partial charge in [-0.1, -0.05) is 0 Å². The molecule has 0 saturated carbocycles. The molecule has 0 saturated heterocycles. The second-order valence-corrected chi connectivity index (χ2v) is 4.72. The molecule has 1 aromatic carbocycles. The zero-order valence-electron chi connectivity index (χ0n) is 10.3. The molecule has 0 radical (unpaired) electrons. The Morgan fingerprint density at radius 1 is 1.21 bits per heavy atom. The molecule has 1 aromatic heterocycles. The fourth-order valence-corrected chi connectivity index (χ4v) is 1.91. The van der Waals surface area contributed by atoms with E-state index in [-0.39, 0.29) is 5.28 Å². The van der Waals surface area contributed by atoms with Gasteiger partial charge in [0.2, 0.25) is 5.28 Å². The van der Waals surface area contributed by atoms with Crippen LogP contribution in [0, 0.1) is 0 Å². The topological polar surface area (TPSA) is 56.3 Å². The molecule has 0 aliphatic rings. The van der Waals surface area contributed by atoms with E-state index in [1.165, 1.54) is 0 Å². The largest absolute Gasteiger partial charge is 0.493 e. The van der Waals surface area contributed by atoms with Gasteiger partial charge in [0.25, 0.3) is 0 Å². The molecule has 0 aliphatic heterocycles. The van der Waals surface area contributed by atoms with Crippen molar-refractivity contribution in [3.05, 3.63) is 34.2 Å². The highest BCUT2D eigenvalue weighted by atomic mass is 79.9. The molecule has 19 heavy (non-hydrogen) atoms. The standard InChI is InChI=1S/C12H11BrClN3O2/c1-18-9-4-3-7(5-10(9)19-2)16-11-8(13)6-15-12(14)17-11/h3-6H,1-2H3,(H,15,16,17). The predicted molar refractivity (Wildman–Crippen MR) is 77.6 cm³/mol. The van der Waals surface area contributed by atoms with Crippen molar-refractivity contribution in [3.8, 4) is 11.5 Å². The Kier molecular flexibility index (Phi) is 4.44. The number of hydrogen-bond donors (Lipinski definition) is 1. The normalized spacial score (nSPS) is 10.1. The molecule has 0 amide bonds. The van der Waals surface area contributed by atoms with Gasteiger partial charge in [0.05, 0.1) is 18.7 Å². The molecule has 5 nitrogen and oxygen atoms in total. The predicted octanol–water partition coefficient (Wildman–Crippen LogP) is 3.65. The zero-order chi connectivity index (χ0) is 13.8. The van der Waals surface area contributed by atoms with Crippen LogP contribution in [-0.4, -0.2) is 24.2 Å². The number of ether oxygens (including phenoxy) is 2. The maximum atomic E-state index is 5.76. The highest BCUT2D eigenvalue weighted by Crippen LogP contribution is 2.32. The Morgan fingerprint density at radius 3 is 2.63 bits per heavy atom. The van der Waals surface area contributed by atoms with E-state index in [9.17, 15) is 0 Å². The summed E-state index contributed by atoms with van der Waals surface area (Å²) in [5.74, 6) is 1.86. The quantitative estimate of drug-likeness (QED) is 0.858. The fraction of sp³-hybridized carbons (Fsp3) is 0.167. The van der Waals surface area contributed by atoms with E-state index in [0.29, 0.717) is 21.8 Å². The van der Waals surface area contributed by atoms with Gasteiger partial charge in [0.1, 0.15) is 5.82 Å². The second-order valence-electron chi connectivity index (χ2n) is 3.53. The molecule has 1 heterocycles. The van der Waals surface area contributed by atoms with Gasteiger partial charge in [0.15, 0.2) is 11.5 Å². The molecule has 0 atom stereocenters. The van der Waals surface area contributed by atoms with Crippen molar-refractivity contribution < 1.29 is 9.47 Å². The van der Waals surface area contributed by atoms with Crippen LogP contribution in [0.5, 0.6) is 11.5 Å². The Bertz CT molecular complexity index is 595. The lowest BCUT2D eigenvalue weighted by molar-refractivity contribution is 0.355. The van der Waals surface area contributed by atoms with Crippen LogP contribution in [0.3, 0.4) is 0 Å². The first kappa shape index (κ1) is 13.9. The van der Waals surface area contributed by atoms with Crippen LogP contribution in [0.4, 0.5) is 11.5 Å². The van der Waals surface area contributed by atoms with Crippen molar-refractivity contribution in [2.75, 3.05) is 19.5 Å². The Labute approximate surface area is 124 Å². The summed E-state index contributed by atoms with van der Waals surface area (Å²) in [6.07, 6.45) is 1.58. The van der Waals surface area contributed by atoms with Crippen LogP contribution in [0.1, 0.15) is 0 Å². The van der Waals surface area contributed by atoms with Crippen LogP contribution in [0.25, 0.3) is 0 Å². The molecular formula is C12H11BrClN3O2. The van der Waals surface area contributed by atoms with Crippen LogP contribution in [0.2, 0.25) is 5.28 Å². The van der Waals surface area contributed by atoms with Crippen molar-refractivity contribution in [3.63, 3.8) is 0 Å². The van der Waals surface area contributed by atoms with Gasteiger partial charge < -0.3 is 14.8 Å². The monoisotopic (exact) mass is 343 g/mol. The number of methoxy groups -OCH3 is 2. The molecule has 100 valence electrons. The van der Waals surface area contributed by atoms with E-state index >= 15 is 0 Å². The smallest absolute Gasteiger partial charge is 0.224 e. The lowest BCUT2D eigenvalue weighted by atomic mass is 10.2. The number of nitrogens with one attached hydrogen (secondary N) is 1. The number of aromatic nitrogens is 2. The van der Waals surface area contributed by atoms with E-state index in [1.807, 2.05) is 6.07 Å². The second kappa shape index (κ2) is 6.08. The minimum Gasteiger partial charge on any atom is -0.493 e. The number of benzene rings is 1. The SMILES string of the molecule is COc1ccc(Nc2nc(Cl)ncc2Br)cc1OC. The minimum atomic E-state index is 0.172. The van der Waals surface area contributed by atoms with Crippen molar-refractivity contribution in [2.24, 2.45) is 0 Å². The third-order valence-corrected chi connectivity index (χ3v) is 3.12. The first-order valence-electron chi connectivity index (χ1n) is 5.31. The molecular weight excluding hydrogens is 334 g/mol. The van der Waals surface area contributed by atoms with Crippen molar-refractivity contribution >= 4 is 39.0 Å². The van der Waals surface area contributed by atoms with E-state index in [4.69, 9.17) is 21.1 Å². The molecule has 1 N–H and O–H groups in total. The molecule has 0 fully saturated rings. The first-order valence-corrected chi connectivity index (χ1v) is 6.48. The summed E-state index contributed by atoms with van der Waals surface area (Å²) in [5.41, 5.74) is 0.799. The van der Waals surface area contributed by atoms with Crippen molar-refractivity contribution in [1.82, 2.24) is 9.97 Å². The number of rotatable bonds is 4.